The van der Waals surface area contributed by atoms with E-state index in [2.05, 4.69) is 10.3 Å². The Hall–Kier alpha value is -4.28. The van der Waals surface area contributed by atoms with E-state index in [0.717, 1.165) is 24.3 Å². The van der Waals surface area contributed by atoms with Crippen LogP contribution in [0.2, 0.25) is 0 Å². The van der Waals surface area contributed by atoms with Crippen molar-refractivity contribution in [2.75, 3.05) is 7.11 Å². The molecule has 0 bridgehead atoms. The smallest absolute Gasteiger partial charge is 0.416 e. The number of nitrogens with one attached hydrogen (secondary N) is 1. The molecule has 0 saturated carbocycles. The lowest BCUT2D eigenvalue weighted by Crippen LogP contribution is -2.48. The summed E-state index contributed by atoms with van der Waals surface area (Å²) in [6.07, 6.45) is -9.03. The number of guanidine groups is 1. The van der Waals surface area contributed by atoms with E-state index in [9.17, 15) is 31.1 Å². The zero-order chi connectivity index (χ0) is 29.1. The van der Waals surface area contributed by atoms with Crippen molar-refractivity contribution in [3.8, 4) is 0 Å². The Morgan fingerprint density at radius 3 is 2.12 bits per heavy atom. The summed E-state index contributed by atoms with van der Waals surface area (Å²) >= 11 is 0. The van der Waals surface area contributed by atoms with Crippen LogP contribution in [0.1, 0.15) is 40.8 Å². The highest BCUT2D eigenvalue weighted by molar-refractivity contribution is 5.96. The van der Waals surface area contributed by atoms with Crippen LogP contribution in [-0.4, -0.2) is 23.9 Å². The topological polar surface area (TPSA) is 53.9 Å². The van der Waals surface area contributed by atoms with Crippen molar-refractivity contribution in [1.29, 1.82) is 0 Å². The fraction of sp³-hybridized carbons (Fsp3) is 0.241. The van der Waals surface area contributed by atoms with E-state index in [1.807, 2.05) is 0 Å². The highest BCUT2D eigenvalue weighted by atomic mass is 19.4. The van der Waals surface area contributed by atoms with Gasteiger partial charge >= 0.3 is 18.3 Å². The van der Waals surface area contributed by atoms with Crippen LogP contribution in [-0.2, 0) is 35.0 Å². The average molecular weight is 562 g/mol. The summed E-state index contributed by atoms with van der Waals surface area (Å²) in [4.78, 5) is 19.1. The number of hydrogen-bond acceptors (Lipinski definition) is 3. The predicted molar refractivity (Wildman–Crippen MR) is 137 cm³/mol. The summed E-state index contributed by atoms with van der Waals surface area (Å²) in [6.45, 7) is 1.54. The molecule has 210 valence electrons. The van der Waals surface area contributed by atoms with Gasteiger partial charge in [-0.25, -0.2) is 9.79 Å². The zero-order valence-electron chi connectivity index (χ0n) is 21.5. The van der Waals surface area contributed by atoms with E-state index in [4.69, 9.17) is 4.74 Å². The van der Waals surface area contributed by atoms with Crippen molar-refractivity contribution in [3.63, 3.8) is 0 Å². The van der Waals surface area contributed by atoms with Gasteiger partial charge in [-0.2, -0.15) is 26.3 Å². The fourth-order valence-corrected chi connectivity index (χ4v) is 4.38. The molecule has 11 heteroatoms. The molecule has 0 aromatic heterocycles. The van der Waals surface area contributed by atoms with Crippen molar-refractivity contribution in [2.45, 2.75) is 38.4 Å². The highest BCUT2D eigenvalue weighted by Crippen LogP contribution is 2.34. The molecule has 0 spiro atoms. The summed E-state index contributed by atoms with van der Waals surface area (Å²) < 4.78 is 84.1. The lowest BCUT2D eigenvalue weighted by Gasteiger charge is -2.38. The molecule has 0 radical (unpaired) electrons. The number of halogens is 6. The Bertz CT molecular complexity index is 1410. The molecule has 5 nitrogen and oxygen atoms in total. The number of aliphatic imine (C=N–C) groups is 1. The van der Waals surface area contributed by atoms with E-state index in [0.29, 0.717) is 22.4 Å². The molecule has 0 saturated heterocycles. The van der Waals surface area contributed by atoms with Gasteiger partial charge < -0.3 is 15.0 Å². The first-order chi connectivity index (χ1) is 18.9. The molecule has 4 rings (SSSR count). The van der Waals surface area contributed by atoms with E-state index in [1.165, 1.54) is 31.4 Å². The number of benzene rings is 3. The van der Waals surface area contributed by atoms with Gasteiger partial charge in [0.05, 0.1) is 42.9 Å². The van der Waals surface area contributed by atoms with Crippen molar-refractivity contribution >= 4 is 11.9 Å². The first-order valence-electron chi connectivity index (χ1n) is 12.1. The van der Waals surface area contributed by atoms with Crippen LogP contribution >= 0.6 is 0 Å². The molecule has 1 unspecified atom stereocenters. The molecule has 0 aliphatic carbocycles. The Morgan fingerprint density at radius 1 is 0.875 bits per heavy atom. The van der Waals surface area contributed by atoms with Crippen molar-refractivity contribution in [1.82, 2.24) is 10.2 Å². The molecule has 1 atom stereocenters. The number of carbonyl (C=O) groups excluding carboxylic acids is 1. The molecule has 1 N–H and O–H groups in total. The Labute approximate surface area is 226 Å². The second-order valence-corrected chi connectivity index (χ2v) is 9.10. The fourth-order valence-electron chi connectivity index (χ4n) is 4.38. The second-order valence-electron chi connectivity index (χ2n) is 9.10. The van der Waals surface area contributed by atoms with E-state index < -0.39 is 35.5 Å². The third-order valence-electron chi connectivity index (χ3n) is 6.44. The minimum Gasteiger partial charge on any atom is -0.466 e. The molecule has 0 amide bonds. The standard InChI is InChI=1S/C29H25F6N3O2/c1-18-24(26(39)40-2)25(21-8-4-3-5-9-21)37-27(36-16-19-11-13-22(14-12-19)28(30,31)32)38(18)17-20-7-6-10-23(15-20)29(33,34)35/h3-15,25H,16-17H2,1-2H3,(H,36,37). The number of ether oxygens (including phenoxy) is 1. The summed E-state index contributed by atoms with van der Waals surface area (Å²) in [6, 6.07) is 17.6. The Kier molecular flexibility index (Phi) is 8.22. The molecule has 40 heavy (non-hydrogen) atoms. The third-order valence-corrected chi connectivity index (χ3v) is 6.44. The van der Waals surface area contributed by atoms with Crippen molar-refractivity contribution in [3.05, 3.63) is 118 Å². The predicted octanol–water partition coefficient (Wildman–Crippen LogP) is 6.87. The van der Waals surface area contributed by atoms with Crippen molar-refractivity contribution in [2.24, 2.45) is 4.99 Å². The van der Waals surface area contributed by atoms with Crippen molar-refractivity contribution < 1.29 is 35.9 Å². The molecule has 0 fully saturated rings. The van der Waals surface area contributed by atoms with Gasteiger partial charge in [-0.3, -0.25) is 0 Å². The van der Waals surface area contributed by atoms with Gasteiger partial charge in [0, 0.05) is 5.70 Å². The number of esters is 1. The van der Waals surface area contributed by atoms with Gasteiger partial charge in [-0.1, -0.05) is 54.6 Å². The highest BCUT2D eigenvalue weighted by Gasteiger charge is 2.36. The van der Waals surface area contributed by atoms with Crippen LogP contribution in [0.15, 0.2) is 95.1 Å². The number of methoxy groups -OCH3 is 1. The number of allylic oxidation sites excluding steroid dienone is 1. The third kappa shape index (κ3) is 6.47. The van der Waals surface area contributed by atoms with Gasteiger partial charge in [-0.15, -0.1) is 0 Å². The van der Waals surface area contributed by atoms with Crippen LogP contribution in [0.3, 0.4) is 0 Å². The Morgan fingerprint density at radius 2 is 1.52 bits per heavy atom. The first kappa shape index (κ1) is 28.7. The molecule has 3 aromatic carbocycles. The number of nitrogens with zero attached hydrogens (tertiary/aromatic N) is 2. The van der Waals surface area contributed by atoms with Gasteiger partial charge in [0.25, 0.3) is 0 Å². The van der Waals surface area contributed by atoms with Crippen LogP contribution in [0.25, 0.3) is 0 Å². The monoisotopic (exact) mass is 561 g/mol. The first-order valence-corrected chi connectivity index (χ1v) is 12.1. The van der Waals surface area contributed by atoms with Crippen LogP contribution in [0.4, 0.5) is 26.3 Å². The molecule has 3 aromatic rings. The minimum absolute atomic E-state index is 0.0259. The number of hydrogen-bond donors (Lipinski definition) is 1. The number of rotatable bonds is 6. The minimum atomic E-state index is -4.55. The van der Waals surface area contributed by atoms with E-state index >= 15 is 0 Å². The molecular formula is C29H25F6N3O2. The summed E-state index contributed by atoms with van der Waals surface area (Å²) in [7, 11) is 1.23. The molecular weight excluding hydrogens is 536 g/mol. The van der Waals surface area contributed by atoms with Crippen LogP contribution in [0, 0.1) is 0 Å². The largest absolute Gasteiger partial charge is 0.466 e. The van der Waals surface area contributed by atoms with Gasteiger partial charge in [0.1, 0.15) is 0 Å². The lowest BCUT2D eigenvalue weighted by molar-refractivity contribution is -0.138. The summed E-state index contributed by atoms with van der Waals surface area (Å²) in [5.74, 6) is -0.397. The lowest BCUT2D eigenvalue weighted by atomic mass is 9.94. The van der Waals surface area contributed by atoms with Crippen LogP contribution < -0.4 is 5.32 Å². The zero-order valence-corrected chi connectivity index (χ0v) is 21.5. The maximum atomic E-state index is 13.4. The van der Waals surface area contributed by atoms with Gasteiger partial charge in [0.15, 0.2) is 5.96 Å². The molecule has 1 aliphatic heterocycles. The summed E-state index contributed by atoms with van der Waals surface area (Å²) in [5, 5.41) is 3.20. The summed E-state index contributed by atoms with van der Waals surface area (Å²) in [5.41, 5.74) is 0.533. The average Bonchev–Trinajstić information content (AvgIpc) is 2.92. The molecule has 1 heterocycles. The van der Waals surface area contributed by atoms with Gasteiger partial charge in [-0.05, 0) is 47.9 Å². The van der Waals surface area contributed by atoms with Gasteiger partial charge in [0.2, 0.25) is 0 Å². The number of carbonyl (C=O) groups is 1. The quantitative estimate of drug-likeness (QED) is 0.264. The normalized spacial score (nSPS) is 17.1. The van der Waals surface area contributed by atoms with E-state index in [-0.39, 0.29) is 24.6 Å². The number of alkyl halides is 6. The maximum absolute atomic E-state index is 13.4. The SMILES string of the molecule is COC(=O)C1=C(C)N(Cc2cccc(C(F)(F)F)c2)C(=NCc2ccc(C(F)(F)F)cc2)NC1c1ccccc1. The second kappa shape index (κ2) is 11.4. The molecule has 1 aliphatic rings. The maximum Gasteiger partial charge on any atom is 0.416 e. The van der Waals surface area contributed by atoms with E-state index in [1.54, 1.807) is 42.2 Å². The van der Waals surface area contributed by atoms with Crippen LogP contribution in [0.5, 0.6) is 0 Å². The Balaban J connectivity index is 1.77.